The van der Waals surface area contributed by atoms with Crippen LogP contribution in [-0.2, 0) is 9.59 Å². The number of rotatable bonds is 6. The van der Waals surface area contributed by atoms with Gasteiger partial charge in [0.05, 0.1) is 22.5 Å². The van der Waals surface area contributed by atoms with Gasteiger partial charge >= 0.3 is 0 Å². The number of aryl methyl sites for hydroxylation is 1. The van der Waals surface area contributed by atoms with Crippen molar-refractivity contribution in [3.05, 3.63) is 51.5 Å². The van der Waals surface area contributed by atoms with Crippen LogP contribution in [0.2, 0.25) is 5.02 Å². The number of thioether (sulfide) groups is 1. The number of amides is 2. The van der Waals surface area contributed by atoms with Crippen molar-refractivity contribution >= 4 is 78.3 Å². The minimum atomic E-state index is -0.270. The van der Waals surface area contributed by atoms with E-state index in [-0.39, 0.29) is 24.1 Å². The number of benzene rings is 2. The number of carbonyl (C=O) groups excluding carboxylic acids is 2. The summed E-state index contributed by atoms with van der Waals surface area (Å²) in [6.45, 7) is 1.82. The number of hydrogen-bond acceptors (Lipinski definition) is 5. The van der Waals surface area contributed by atoms with Gasteiger partial charge in [0.2, 0.25) is 11.8 Å². The van der Waals surface area contributed by atoms with Crippen molar-refractivity contribution in [1.82, 2.24) is 10.3 Å². The lowest BCUT2D eigenvalue weighted by atomic mass is 10.2. The summed E-state index contributed by atoms with van der Waals surface area (Å²) in [4.78, 5) is 28.4. The van der Waals surface area contributed by atoms with Crippen molar-refractivity contribution in [2.24, 2.45) is 0 Å². The van der Waals surface area contributed by atoms with Gasteiger partial charge in [0, 0.05) is 15.2 Å². The Morgan fingerprint density at radius 2 is 2.04 bits per heavy atom. The Labute approximate surface area is 178 Å². The molecule has 0 saturated carbocycles. The Morgan fingerprint density at radius 3 is 2.81 bits per heavy atom. The molecule has 0 aliphatic rings. The number of hydrogen-bond donors (Lipinski definition) is 2. The number of fused-ring (bicyclic) bond motifs is 1. The largest absolute Gasteiger partial charge is 0.346 e. The van der Waals surface area contributed by atoms with Crippen LogP contribution >= 0.6 is 50.6 Å². The fourth-order valence-corrected chi connectivity index (χ4v) is 4.78. The van der Waals surface area contributed by atoms with Gasteiger partial charge in [-0.3, -0.25) is 9.59 Å². The summed E-state index contributed by atoms with van der Waals surface area (Å²) in [6, 6.07) is 11.1. The van der Waals surface area contributed by atoms with Crippen LogP contribution in [0, 0.1) is 6.92 Å². The third kappa shape index (κ3) is 5.68. The van der Waals surface area contributed by atoms with Crippen molar-refractivity contribution in [2.75, 3.05) is 17.6 Å². The number of carbonyl (C=O) groups is 2. The highest BCUT2D eigenvalue weighted by molar-refractivity contribution is 9.10. The summed E-state index contributed by atoms with van der Waals surface area (Å²) in [5, 5.41) is 6.04. The maximum absolute atomic E-state index is 12.0. The first-order valence-electron chi connectivity index (χ1n) is 7.92. The molecular formula is C18H15BrClN3O2S2. The monoisotopic (exact) mass is 483 g/mol. The molecule has 0 unspecified atom stereocenters. The van der Waals surface area contributed by atoms with Gasteiger partial charge < -0.3 is 10.6 Å². The van der Waals surface area contributed by atoms with E-state index in [1.165, 1.54) is 23.1 Å². The van der Waals surface area contributed by atoms with Crippen LogP contribution in [-0.4, -0.2) is 29.1 Å². The van der Waals surface area contributed by atoms with E-state index < -0.39 is 0 Å². The molecule has 3 rings (SSSR count). The van der Waals surface area contributed by atoms with E-state index >= 15 is 0 Å². The molecule has 3 aromatic rings. The highest BCUT2D eigenvalue weighted by atomic mass is 79.9. The molecule has 0 aliphatic carbocycles. The maximum Gasteiger partial charge on any atom is 0.243 e. The first-order valence-corrected chi connectivity index (χ1v) is 10.9. The summed E-state index contributed by atoms with van der Waals surface area (Å²) in [6.07, 6.45) is 0. The van der Waals surface area contributed by atoms with Crippen LogP contribution in [0.25, 0.3) is 10.2 Å². The van der Waals surface area contributed by atoms with Gasteiger partial charge in [-0.15, -0.1) is 11.3 Å². The number of halogens is 2. The van der Waals surface area contributed by atoms with Gasteiger partial charge in [-0.25, -0.2) is 4.98 Å². The maximum atomic E-state index is 12.0. The minimum absolute atomic E-state index is 0.0790. The zero-order valence-electron chi connectivity index (χ0n) is 14.2. The van der Waals surface area contributed by atoms with Crippen molar-refractivity contribution < 1.29 is 9.59 Å². The number of anilines is 1. The smallest absolute Gasteiger partial charge is 0.243 e. The Morgan fingerprint density at radius 1 is 1.22 bits per heavy atom. The van der Waals surface area contributed by atoms with Gasteiger partial charge in [-0.05, 0) is 48.9 Å². The Hall–Kier alpha value is -1.61. The van der Waals surface area contributed by atoms with E-state index in [0.29, 0.717) is 5.02 Å². The molecule has 0 aliphatic heterocycles. The topological polar surface area (TPSA) is 71.1 Å². The van der Waals surface area contributed by atoms with Gasteiger partial charge in [0.1, 0.15) is 0 Å². The average molecular weight is 485 g/mol. The predicted molar refractivity (Wildman–Crippen MR) is 116 cm³/mol. The highest BCUT2D eigenvalue weighted by Crippen LogP contribution is 2.30. The van der Waals surface area contributed by atoms with E-state index in [1.807, 2.05) is 37.3 Å². The number of aromatic nitrogens is 1. The summed E-state index contributed by atoms with van der Waals surface area (Å²) >= 11 is 12.2. The molecule has 0 radical (unpaired) electrons. The fourth-order valence-electron chi connectivity index (χ4n) is 2.26. The highest BCUT2D eigenvalue weighted by Gasteiger charge is 2.10. The van der Waals surface area contributed by atoms with Crippen LogP contribution in [0.15, 0.2) is 45.2 Å². The van der Waals surface area contributed by atoms with E-state index in [1.54, 1.807) is 6.07 Å². The third-order valence-electron chi connectivity index (χ3n) is 3.57. The molecule has 0 atom stereocenters. The molecule has 9 heteroatoms. The summed E-state index contributed by atoms with van der Waals surface area (Å²) in [7, 11) is 0. The second-order valence-electron chi connectivity index (χ2n) is 5.66. The molecule has 27 heavy (non-hydrogen) atoms. The first-order chi connectivity index (χ1) is 12.9. The van der Waals surface area contributed by atoms with E-state index in [2.05, 4.69) is 31.5 Å². The number of thiazole rings is 1. The van der Waals surface area contributed by atoms with E-state index in [9.17, 15) is 9.59 Å². The molecule has 2 N–H and O–H groups in total. The van der Waals surface area contributed by atoms with Crippen LogP contribution in [0.4, 0.5) is 5.69 Å². The predicted octanol–water partition coefficient (Wildman–Crippen LogP) is 4.87. The fraction of sp³-hybridized carbons (Fsp3) is 0.167. The summed E-state index contributed by atoms with van der Waals surface area (Å²) in [5.74, 6) is -0.300. The lowest BCUT2D eigenvalue weighted by molar-refractivity contribution is -0.122. The van der Waals surface area contributed by atoms with Crippen LogP contribution in [0.5, 0.6) is 0 Å². The normalized spacial score (nSPS) is 10.8. The third-order valence-corrected chi connectivity index (χ3v) is 6.47. The minimum Gasteiger partial charge on any atom is -0.346 e. The summed E-state index contributed by atoms with van der Waals surface area (Å²) in [5.41, 5.74) is 2.48. The lowest BCUT2D eigenvalue weighted by Crippen LogP contribution is -2.34. The molecule has 2 aromatic carbocycles. The van der Waals surface area contributed by atoms with Crippen molar-refractivity contribution in [3.8, 4) is 0 Å². The zero-order valence-corrected chi connectivity index (χ0v) is 18.2. The number of nitrogens with zero attached hydrogens (tertiary/aromatic N) is 1. The molecule has 0 saturated heterocycles. The molecule has 1 heterocycles. The van der Waals surface area contributed by atoms with Gasteiger partial charge in [-0.2, -0.15) is 0 Å². The van der Waals surface area contributed by atoms with Crippen LogP contribution in [0.1, 0.15) is 5.56 Å². The molecule has 0 fully saturated rings. The Balaban J connectivity index is 1.46. The summed E-state index contributed by atoms with van der Waals surface area (Å²) < 4.78 is 2.75. The van der Waals surface area contributed by atoms with E-state index in [0.717, 1.165) is 30.3 Å². The Kier molecular flexibility index (Phi) is 6.75. The quantitative estimate of drug-likeness (QED) is 0.490. The second kappa shape index (κ2) is 9.05. The van der Waals surface area contributed by atoms with Gasteiger partial charge in [0.25, 0.3) is 0 Å². The van der Waals surface area contributed by atoms with Crippen LogP contribution < -0.4 is 10.6 Å². The lowest BCUT2D eigenvalue weighted by Gasteiger charge is -2.09. The standard InChI is InChI=1S/C18H15BrClN3O2S2/c1-10-6-11(19)2-4-13(10)22-16(24)8-21-17(25)9-26-18-23-14-7-12(20)3-5-15(14)27-18/h2-7H,8-9H2,1H3,(H,21,25)(H,22,24). The SMILES string of the molecule is Cc1cc(Br)ccc1NC(=O)CNC(=O)CSc1nc2cc(Cl)ccc2s1. The van der Waals surface area contributed by atoms with Crippen molar-refractivity contribution in [2.45, 2.75) is 11.3 Å². The second-order valence-corrected chi connectivity index (χ2v) is 9.27. The molecule has 5 nitrogen and oxygen atoms in total. The van der Waals surface area contributed by atoms with E-state index in [4.69, 9.17) is 11.6 Å². The van der Waals surface area contributed by atoms with Crippen molar-refractivity contribution in [1.29, 1.82) is 0 Å². The van der Waals surface area contributed by atoms with Crippen molar-refractivity contribution in [3.63, 3.8) is 0 Å². The zero-order chi connectivity index (χ0) is 19.4. The number of nitrogens with one attached hydrogen (secondary N) is 2. The molecule has 2 amide bonds. The molecule has 1 aromatic heterocycles. The van der Waals surface area contributed by atoms with Gasteiger partial charge in [0.15, 0.2) is 4.34 Å². The first kappa shape index (κ1) is 20.1. The molecule has 140 valence electrons. The molecular weight excluding hydrogens is 470 g/mol. The van der Waals surface area contributed by atoms with Gasteiger partial charge in [-0.1, -0.05) is 39.3 Å². The Bertz CT molecular complexity index is 1010. The molecule has 0 bridgehead atoms. The molecule has 0 spiro atoms. The average Bonchev–Trinajstić information content (AvgIpc) is 3.02. The van der Waals surface area contributed by atoms with Crippen LogP contribution in [0.3, 0.4) is 0 Å².